The van der Waals surface area contributed by atoms with Gasteiger partial charge >= 0.3 is 0 Å². The lowest BCUT2D eigenvalue weighted by Gasteiger charge is -1.94. The molecule has 1 nitrogen and oxygen atoms in total. The van der Waals surface area contributed by atoms with E-state index in [0.717, 1.165) is 18.5 Å². The summed E-state index contributed by atoms with van der Waals surface area (Å²) in [6.45, 7) is 7.93. The summed E-state index contributed by atoms with van der Waals surface area (Å²) in [4.78, 5) is 4.22. The summed E-state index contributed by atoms with van der Waals surface area (Å²) < 4.78 is 0. The van der Waals surface area contributed by atoms with Crippen LogP contribution in [0.3, 0.4) is 0 Å². The van der Waals surface area contributed by atoms with Gasteiger partial charge in [-0.2, -0.15) is 0 Å². The molecule has 0 aromatic carbocycles. The van der Waals surface area contributed by atoms with E-state index in [2.05, 4.69) is 36.7 Å². The molecule has 0 atom stereocenters. The normalized spacial score (nSPS) is 17.1. The monoisotopic (exact) mass is 187 g/mol. The zero-order chi connectivity index (χ0) is 10.4. The van der Waals surface area contributed by atoms with E-state index in [4.69, 9.17) is 0 Å². The molecule has 0 N–H and O–H groups in total. The number of hydrogen-bond acceptors (Lipinski definition) is 1. The predicted molar refractivity (Wildman–Crippen MR) is 63.5 cm³/mol. The van der Waals surface area contributed by atoms with Gasteiger partial charge in [-0.05, 0) is 24.5 Å². The number of allylic oxidation sites excluding steroid dienone is 7. The molecule has 74 valence electrons. The van der Waals surface area contributed by atoms with Gasteiger partial charge in [-0.3, -0.25) is 4.99 Å². The van der Waals surface area contributed by atoms with E-state index in [1.54, 1.807) is 0 Å². The third-order valence-electron chi connectivity index (χ3n) is 2.34. The Morgan fingerprint density at radius 3 is 2.93 bits per heavy atom. The molecule has 0 fully saturated rings. The first kappa shape index (κ1) is 10.7. The number of nitrogens with zero attached hydrogens (tertiary/aromatic N) is 1. The SMILES string of the molecule is C=C/C(=C\C=C\C1=C(C)N=CC1)CC. The molecule has 1 aliphatic rings. The van der Waals surface area contributed by atoms with Gasteiger partial charge in [0.25, 0.3) is 0 Å². The molecule has 1 rings (SSSR count). The quantitative estimate of drug-likeness (QED) is 0.593. The third-order valence-corrected chi connectivity index (χ3v) is 2.34. The van der Waals surface area contributed by atoms with Crippen LogP contribution in [0.5, 0.6) is 0 Å². The predicted octanol–water partition coefficient (Wildman–Crippen LogP) is 3.81. The summed E-state index contributed by atoms with van der Waals surface area (Å²) in [7, 11) is 0. The highest BCUT2D eigenvalue weighted by Crippen LogP contribution is 2.16. The maximum Gasteiger partial charge on any atom is 0.0404 e. The van der Waals surface area contributed by atoms with Crippen molar-refractivity contribution in [2.24, 2.45) is 4.99 Å². The van der Waals surface area contributed by atoms with Gasteiger partial charge in [-0.25, -0.2) is 0 Å². The second kappa shape index (κ2) is 5.38. The van der Waals surface area contributed by atoms with Crippen LogP contribution in [0.1, 0.15) is 26.7 Å². The molecule has 0 aromatic heterocycles. The van der Waals surface area contributed by atoms with Crippen molar-refractivity contribution in [3.63, 3.8) is 0 Å². The molecular weight excluding hydrogens is 170 g/mol. The Hall–Kier alpha value is -1.37. The van der Waals surface area contributed by atoms with E-state index < -0.39 is 0 Å². The first-order chi connectivity index (χ1) is 6.77. The topological polar surface area (TPSA) is 12.4 Å². The van der Waals surface area contributed by atoms with E-state index in [9.17, 15) is 0 Å². The number of rotatable bonds is 4. The fraction of sp³-hybridized carbons (Fsp3) is 0.308. The van der Waals surface area contributed by atoms with Crippen molar-refractivity contribution in [2.45, 2.75) is 26.7 Å². The van der Waals surface area contributed by atoms with Crippen molar-refractivity contribution in [3.05, 3.63) is 47.7 Å². The highest BCUT2D eigenvalue weighted by atomic mass is 14.7. The Labute approximate surface area is 86.2 Å². The first-order valence-corrected chi connectivity index (χ1v) is 5.00. The Balaban J connectivity index is 2.61. The van der Waals surface area contributed by atoms with Crippen LogP contribution in [-0.4, -0.2) is 6.21 Å². The minimum Gasteiger partial charge on any atom is -0.265 e. The summed E-state index contributed by atoms with van der Waals surface area (Å²) in [6, 6.07) is 0. The van der Waals surface area contributed by atoms with Gasteiger partial charge in [-0.15, -0.1) is 0 Å². The Kier molecular flexibility index (Phi) is 4.11. The van der Waals surface area contributed by atoms with Crippen LogP contribution in [0.25, 0.3) is 0 Å². The van der Waals surface area contributed by atoms with Gasteiger partial charge in [0.2, 0.25) is 0 Å². The largest absolute Gasteiger partial charge is 0.265 e. The second-order valence-corrected chi connectivity index (χ2v) is 3.28. The van der Waals surface area contributed by atoms with Gasteiger partial charge in [0, 0.05) is 18.3 Å². The standard InChI is InChI=1S/C13H17N/c1-4-12(5-2)7-6-8-13-9-10-14-11(13)3/h4,6-8,10H,1,5,9H2,2-3H3/b8-6+,12-7+. The molecule has 14 heavy (non-hydrogen) atoms. The molecule has 0 amide bonds. The van der Waals surface area contributed by atoms with Crippen molar-refractivity contribution in [3.8, 4) is 0 Å². The minimum atomic E-state index is 0.964. The lowest BCUT2D eigenvalue weighted by molar-refractivity contribution is 1.15. The van der Waals surface area contributed by atoms with Crippen molar-refractivity contribution < 1.29 is 0 Å². The van der Waals surface area contributed by atoms with Crippen molar-refractivity contribution >= 4 is 6.21 Å². The fourth-order valence-electron chi connectivity index (χ4n) is 1.32. The van der Waals surface area contributed by atoms with Crippen LogP contribution in [-0.2, 0) is 0 Å². The van der Waals surface area contributed by atoms with E-state index in [-0.39, 0.29) is 0 Å². The van der Waals surface area contributed by atoms with Gasteiger partial charge in [0.05, 0.1) is 0 Å². The van der Waals surface area contributed by atoms with Crippen molar-refractivity contribution in [1.82, 2.24) is 0 Å². The van der Waals surface area contributed by atoms with Crippen LogP contribution >= 0.6 is 0 Å². The Bertz CT molecular complexity index is 327. The molecule has 0 unspecified atom stereocenters. The third kappa shape index (κ3) is 2.84. The van der Waals surface area contributed by atoms with E-state index in [1.807, 2.05) is 19.2 Å². The molecule has 0 bridgehead atoms. The van der Waals surface area contributed by atoms with Crippen LogP contribution in [0.2, 0.25) is 0 Å². The van der Waals surface area contributed by atoms with Crippen LogP contribution in [0.15, 0.2) is 52.7 Å². The van der Waals surface area contributed by atoms with Crippen molar-refractivity contribution in [1.29, 1.82) is 0 Å². The minimum absolute atomic E-state index is 0.964. The lowest BCUT2D eigenvalue weighted by atomic mass is 10.1. The molecule has 0 aliphatic carbocycles. The molecule has 0 aromatic rings. The average Bonchev–Trinajstić information content (AvgIpc) is 2.59. The first-order valence-electron chi connectivity index (χ1n) is 5.00. The van der Waals surface area contributed by atoms with Crippen LogP contribution in [0, 0.1) is 0 Å². The summed E-state index contributed by atoms with van der Waals surface area (Å²) in [6.07, 6.45) is 12.2. The summed E-state index contributed by atoms with van der Waals surface area (Å²) in [5, 5.41) is 0. The van der Waals surface area contributed by atoms with Gasteiger partial charge in [0.1, 0.15) is 0 Å². The Morgan fingerprint density at radius 2 is 2.43 bits per heavy atom. The number of aliphatic imine (C=N–C) groups is 1. The van der Waals surface area contributed by atoms with Gasteiger partial charge in [0.15, 0.2) is 0 Å². The summed E-state index contributed by atoms with van der Waals surface area (Å²) in [5.74, 6) is 0. The highest BCUT2D eigenvalue weighted by molar-refractivity contribution is 5.68. The van der Waals surface area contributed by atoms with Gasteiger partial charge in [-0.1, -0.05) is 37.8 Å². The maximum atomic E-state index is 4.22. The zero-order valence-corrected chi connectivity index (χ0v) is 8.96. The highest BCUT2D eigenvalue weighted by Gasteiger charge is 2.01. The van der Waals surface area contributed by atoms with Gasteiger partial charge < -0.3 is 0 Å². The average molecular weight is 187 g/mol. The van der Waals surface area contributed by atoms with E-state index >= 15 is 0 Å². The molecule has 0 spiro atoms. The molecular formula is C13H17N. The number of hydrogen-bond donors (Lipinski definition) is 0. The summed E-state index contributed by atoms with van der Waals surface area (Å²) >= 11 is 0. The second-order valence-electron chi connectivity index (χ2n) is 3.28. The molecule has 0 radical (unpaired) electrons. The smallest absolute Gasteiger partial charge is 0.0404 e. The molecule has 1 heterocycles. The zero-order valence-electron chi connectivity index (χ0n) is 8.96. The maximum absolute atomic E-state index is 4.22. The summed E-state index contributed by atoms with van der Waals surface area (Å²) in [5.41, 5.74) is 3.70. The van der Waals surface area contributed by atoms with Crippen LogP contribution < -0.4 is 0 Å². The van der Waals surface area contributed by atoms with E-state index in [0.29, 0.717) is 0 Å². The Morgan fingerprint density at radius 1 is 1.64 bits per heavy atom. The van der Waals surface area contributed by atoms with Crippen molar-refractivity contribution in [2.75, 3.05) is 0 Å². The fourth-order valence-corrected chi connectivity index (χ4v) is 1.32. The molecule has 1 aliphatic heterocycles. The molecule has 1 heteroatoms. The molecule has 0 saturated heterocycles. The lowest BCUT2D eigenvalue weighted by Crippen LogP contribution is -1.76. The molecule has 0 saturated carbocycles. The van der Waals surface area contributed by atoms with E-state index in [1.165, 1.54) is 11.1 Å². The van der Waals surface area contributed by atoms with Crippen LogP contribution in [0.4, 0.5) is 0 Å².